The third-order valence-electron chi connectivity index (χ3n) is 6.27. The molecule has 0 unspecified atom stereocenters. The second-order valence-corrected chi connectivity index (χ2v) is 8.53. The van der Waals surface area contributed by atoms with Crippen LogP contribution < -0.4 is 0 Å². The van der Waals surface area contributed by atoms with E-state index in [0.29, 0.717) is 13.2 Å². The van der Waals surface area contributed by atoms with E-state index in [4.69, 9.17) is 4.74 Å². The van der Waals surface area contributed by atoms with E-state index in [1.54, 1.807) is 6.08 Å². The molecule has 0 amide bonds. The van der Waals surface area contributed by atoms with E-state index in [0.717, 1.165) is 11.8 Å². The normalized spacial score (nSPS) is 19.9. The lowest BCUT2D eigenvalue weighted by atomic mass is 9.77. The van der Waals surface area contributed by atoms with Crippen LogP contribution in [0.4, 0.5) is 0 Å². The molecule has 0 aromatic heterocycles. The molecule has 0 spiro atoms. The Kier molecular flexibility index (Phi) is 11.5. The fourth-order valence-corrected chi connectivity index (χ4v) is 4.50. The van der Waals surface area contributed by atoms with Crippen molar-refractivity contribution in [2.75, 3.05) is 6.61 Å². The quantitative estimate of drug-likeness (QED) is 0.237. The summed E-state index contributed by atoms with van der Waals surface area (Å²) in [6.45, 7) is 7.31. The van der Waals surface area contributed by atoms with E-state index in [-0.39, 0.29) is 0 Å². The average molecular weight is 371 g/mol. The number of hydrogen-bond donors (Lipinski definition) is 0. The molecular formula is C26H42O. The molecule has 0 heterocycles. The van der Waals surface area contributed by atoms with Gasteiger partial charge in [0, 0.05) is 0 Å². The van der Waals surface area contributed by atoms with Crippen LogP contribution in [0.2, 0.25) is 0 Å². The first-order valence-electron chi connectivity index (χ1n) is 11.6. The summed E-state index contributed by atoms with van der Waals surface area (Å²) in [5.41, 5.74) is 2.80. The SMILES string of the molecule is C=CCOCc1ccc(C2CCC(CCCCCCCCCC)CC2)cc1. The van der Waals surface area contributed by atoms with Crippen molar-refractivity contribution in [1.82, 2.24) is 0 Å². The third-order valence-corrected chi connectivity index (χ3v) is 6.27. The van der Waals surface area contributed by atoms with Gasteiger partial charge in [-0.05, 0) is 48.6 Å². The molecule has 27 heavy (non-hydrogen) atoms. The molecule has 0 aliphatic heterocycles. The fraction of sp³-hybridized carbons (Fsp3) is 0.692. The van der Waals surface area contributed by atoms with E-state index in [1.165, 1.54) is 94.6 Å². The zero-order valence-corrected chi connectivity index (χ0v) is 17.8. The van der Waals surface area contributed by atoms with E-state index in [1.807, 2.05) is 0 Å². The van der Waals surface area contributed by atoms with Crippen LogP contribution in [0.5, 0.6) is 0 Å². The lowest BCUT2D eigenvalue weighted by Crippen LogP contribution is -2.13. The summed E-state index contributed by atoms with van der Waals surface area (Å²) in [5.74, 6) is 1.77. The maximum absolute atomic E-state index is 5.53. The van der Waals surface area contributed by atoms with Gasteiger partial charge in [0.15, 0.2) is 0 Å². The predicted molar refractivity (Wildman–Crippen MR) is 118 cm³/mol. The van der Waals surface area contributed by atoms with Crippen LogP contribution in [-0.4, -0.2) is 6.61 Å². The maximum Gasteiger partial charge on any atom is 0.0721 e. The zero-order chi connectivity index (χ0) is 19.2. The van der Waals surface area contributed by atoms with Crippen molar-refractivity contribution < 1.29 is 4.74 Å². The fourth-order valence-electron chi connectivity index (χ4n) is 4.50. The van der Waals surface area contributed by atoms with Crippen LogP contribution in [0, 0.1) is 5.92 Å². The number of benzene rings is 1. The van der Waals surface area contributed by atoms with Crippen molar-refractivity contribution in [3.8, 4) is 0 Å². The maximum atomic E-state index is 5.53. The molecule has 0 radical (unpaired) electrons. The van der Waals surface area contributed by atoms with Gasteiger partial charge in [0.1, 0.15) is 0 Å². The number of hydrogen-bond acceptors (Lipinski definition) is 1. The number of ether oxygens (including phenoxy) is 1. The third kappa shape index (κ3) is 9.10. The molecule has 1 nitrogen and oxygen atoms in total. The molecule has 1 heteroatoms. The van der Waals surface area contributed by atoms with Crippen molar-refractivity contribution >= 4 is 0 Å². The van der Waals surface area contributed by atoms with Gasteiger partial charge in [-0.3, -0.25) is 0 Å². The molecule has 0 saturated heterocycles. The van der Waals surface area contributed by atoms with Crippen LogP contribution >= 0.6 is 0 Å². The Labute approximate surface area is 168 Å². The van der Waals surface area contributed by atoms with E-state index in [2.05, 4.69) is 37.8 Å². The Bertz CT molecular complexity index is 481. The van der Waals surface area contributed by atoms with Gasteiger partial charge in [0.2, 0.25) is 0 Å². The second kappa shape index (κ2) is 14.0. The molecule has 1 aromatic rings. The van der Waals surface area contributed by atoms with Crippen molar-refractivity contribution in [1.29, 1.82) is 0 Å². The topological polar surface area (TPSA) is 9.23 Å². The predicted octanol–water partition coefficient (Wildman–Crippen LogP) is 8.19. The Morgan fingerprint density at radius 1 is 0.889 bits per heavy atom. The standard InChI is InChI=1S/C26H42O/c1-3-5-6-7-8-9-10-11-12-23-13-17-25(18-14-23)26-19-15-24(16-20-26)22-27-21-4-2/h4,15-16,19-20,23,25H,2-3,5-14,17-18,21-22H2,1H3. The first-order chi connectivity index (χ1) is 13.3. The van der Waals surface area contributed by atoms with Crippen molar-refractivity contribution in [2.45, 2.75) is 103 Å². The highest BCUT2D eigenvalue weighted by Gasteiger charge is 2.21. The van der Waals surface area contributed by atoms with Crippen LogP contribution in [0.3, 0.4) is 0 Å². The summed E-state index contributed by atoms with van der Waals surface area (Å²) in [4.78, 5) is 0. The lowest BCUT2D eigenvalue weighted by Gasteiger charge is -2.29. The summed E-state index contributed by atoms with van der Waals surface area (Å²) in [6, 6.07) is 9.14. The van der Waals surface area contributed by atoms with E-state index in [9.17, 15) is 0 Å². The molecule has 1 saturated carbocycles. The Morgan fingerprint density at radius 3 is 2.15 bits per heavy atom. The van der Waals surface area contributed by atoms with Gasteiger partial charge in [-0.25, -0.2) is 0 Å². The van der Waals surface area contributed by atoms with Gasteiger partial charge < -0.3 is 4.74 Å². The first kappa shape index (κ1) is 22.2. The Hall–Kier alpha value is -1.08. The molecule has 0 bridgehead atoms. The van der Waals surface area contributed by atoms with Crippen LogP contribution in [0.25, 0.3) is 0 Å². The minimum atomic E-state index is 0.630. The molecule has 1 fully saturated rings. The summed E-state index contributed by atoms with van der Waals surface area (Å²) in [5, 5.41) is 0. The highest BCUT2D eigenvalue weighted by Crippen LogP contribution is 2.37. The molecule has 1 aromatic carbocycles. The Morgan fingerprint density at radius 2 is 1.52 bits per heavy atom. The molecule has 152 valence electrons. The van der Waals surface area contributed by atoms with Crippen molar-refractivity contribution in [3.05, 3.63) is 48.0 Å². The summed E-state index contributed by atoms with van der Waals surface area (Å²) in [6.07, 6.45) is 20.4. The average Bonchev–Trinajstić information content (AvgIpc) is 2.71. The summed E-state index contributed by atoms with van der Waals surface area (Å²) in [7, 11) is 0. The number of rotatable bonds is 14. The van der Waals surface area contributed by atoms with Gasteiger partial charge >= 0.3 is 0 Å². The minimum absolute atomic E-state index is 0.630. The molecule has 0 atom stereocenters. The van der Waals surface area contributed by atoms with Crippen molar-refractivity contribution in [3.63, 3.8) is 0 Å². The zero-order valence-electron chi connectivity index (χ0n) is 17.8. The van der Waals surface area contributed by atoms with E-state index < -0.39 is 0 Å². The molecule has 2 rings (SSSR count). The van der Waals surface area contributed by atoms with E-state index >= 15 is 0 Å². The van der Waals surface area contributed by atoms with Crippen LogP contribution in [0.1, 0.15) is 107 Å². The first-order valence-corrected chi connectivity index (χ1v) is 11.6. The molecule has 0 N–H and O–H groups in total. The van der Waals surface area contributed by atoms with Gasteiger partial charge in [0.05, 0.1) is 13.2 Å². The molecular weight excluding hydrogens is 328 g/mol. The van der Waals surface area contributed by atoms with Crippen molar-refractivity contribution in [2.24, 2.45) is 5.92 Å². The highest BCUT2D eigenvalue weighted by atomic mass is 16.5. The minimum Gasteiger partial charge on any atom is -0.373 e. The van der Waals surface area contributed by atoms with Crippen LogP contribution in [-0.2, 0) is 11.3 Å². The smallest absolute Gasteiger partial charge is 0.0721 e. The summed E-state index contributed by atoms with van der Waals surface area (Å²) < 4.78 is 5.53. The van der Waals surface area contributed by atoms with Gasteiger partial charge in [-0.15, -0.1) is 6.58 Å². The summed E-state index contributed by atoms with van der Waals surface area (Å²) >= 11 is 0. The largest absolute Gasteiger partial charge is 0.373 e. The second-order valence-electron chi connectivity index (χ2n) is 8.53. The van der Waals surface area contributed by atoms with Gasteiger partial charge in [-0.1, -0.05) is 95.1 Å². The molecule has 1 aliphatic rings. The molecule has 1 aliphatic carbocycles. The van der Waals surface area contributed by atoms with Crippen LogP contribution in [0.15, 0.2) is 36.9 Å². The highest BCUT2D eigenvalue weighted by molar-refractivity contribution is 5.25. The number of unbranched alkanes of at least 4 members (excludes halogenated alkanes) is 7. The lowest BCUT2D eigenvalue weighted by molar-refractivity contribution is 0.149. The monoisotopic (exact) mass is 370 g/mol. The van der Waals surface area contributed by atoms with Gasteiger partial charge in [-0.2, -0.15) is 0 Å². The Balaban J connectivity index is 1.56. The van der Waals surface area contributed by atoms with Gasteiger partial charge in [0.25, 0.3) is 0 Å².